The Bertz CT molecular complexity index is 384. The molecular formula is C12H14F3NO. The lowest BCUT2D eigenvalue weighted by Crippen LogP contribution is -2.37. The summed E-state index contributed by atoms with van der Waals surface area (Å²) in [5.74, 6) is -1.82. The van der Waals surface area contributed by atoms with E-state index in [1.807, 2.05) is 19.1 Å². The van der Waals surface area contributed by atoms with Gasteiger partial charge in [0.25, 0.3) is 0 Å². The van der Waals surface area contributed by atoms with Gasteiger partial charge in [-0.05, 0) is 17.5 Å². The van der Waals surface area contributed by atoms with Crippen LogP contribution < -0.4 is 0 Å². The zero-order valence-electron chi connectivity index (χ0n) is 9.71. The number of nitrogens with zero attached hydrogens (tertiary/aromatic N) is 1. The van der Waals surface area contributed by atoms with Gasteiger partial charge in [0.1, 0.15) is 0 Å². The first-order valence-electron chi connectivity index (χ1n) is 5.24. The molecule has 0 radical (unpaired) electrons. The second-order valence-electron chi connectivity index (χ2n) is 3.83. The molecule has 0 bridgehead atoms. The van der Waals surface area contributed by atoms with Gasteiger partial charge in [0.05, 0.1) is 0 Å². The van der Waals surface area contributed by atoms with Crippen molar-refractivity contribution in [2.75, 3.05) is 7.05 Å². The lowest BCUT2D eigenvalue weighted by atomic mass is 10.1. The number of carbonyl (C=O) groups is 1. The summed E-state index contributed by atoms with van der Waals surface area (Å²) in [5.41, 5.74) is 1.79. The minimum absolute atomic E-state index is 0.0393. The van der Waals surface area contributed by atoms with E-state index in [0.717, 1.165) is 19.0 Å². The van der Waals surface area contributed by atoms with Crippen LogP contribution in [0.3, 0.4) is 0 Å². The number of aryl methyl sites for hydroxylation is 1. The first-order chi connectivity index (χ1) is 7.84. The molecule has 17 heavy (non-hydrogen) atoms. The molecule has 0 N–H and O–H groups in total. The molecule has 0 saturated heterocycles. The van der Waals surface area contributed by atoms with Gasteiger partial charge >= 0.3 is 12.1 Å². The molecular weight excluding hydrogens is 231 g/mol. The third-order valence-corrected chi connectivity index (χ3v) is 2.44. The Morgan fingerprint density at radius 3 is 2.06 bits per heavy atom. The van der Waals surface area contributed by atoms with E-state index in [4.69, 9.17) is 0 Å². The van der Waals surface area contributed by atoms with Crippen LogP contribution in [0.2, 0.25) is 0 Å². The number of hydrogen-bond donors (Lipinski definition) is 0. The average Bonchev–Trinajstić information content (AvgIpc) is 2.27. The highest BCUT2D eigenvalue weighted by Crippen LogP contribution is 2.19. The summed E-state index contributed by atoms with van der Waals surface area (Å²) in [6.07, 6.45) is -3.93. The van der Waals surface area contributed by atoms with Gasteiger partial charge in [-0.25, -0.2) is 0 Å². The summed E-state index contributed by atoms with van der Waals surface area (Å²) < 4.78 is 36.4. The third-order valence-electron chi connectivity index (χ3n) is 2.44. The van der Waals surface area contributed by atoms with Crippen LogP contribution in [0, 0.1) is 0 Å². The highest BCUT2D eigenvalue weighted by Gasteiger charge is 2.41. The predicted octanol–water partition coefficient (Wildman–Crippen LogP) is 2.77. The molecule has 0 aliphatic heterocycles. The van der Waals surface area contributed by atoms with Crippen molar-refractivity contribution in [3.05, 3.63) is 35.4 Å². The number of benzene rings is 1. The molecule has 0 fully saturated rings. The highest BCUT2D eigenvalue weighted by atomic mass is 19.4. The highest BCUT2D eigenvalue weighted by molar-refractivity contribution is 5.81. The largest absolute Gasteiger partial charge is 0.471 e. The molecule has 1 amide bonds. The van der Waals surface area contributed by atoms with Crippen LogP contribution in [-0.4, -0.2) is 24.0 Å². The van der Waals surface area contributed by atoms with Crippen molar-refractivity contribution in [1.29, 1.82) is 0 Å². The van der Waals surface area contributed by atoms with Crippen molar-refractivity contribution in [2.24, 2.45) is 0 Å². The maximum absolute atomic E-state index is 12.1. The Morgan fingerprint density at radius 2 is 1.65 bits per heavy atom. The number of halogens is 3. The quantitative estimate of drug-likeness (QED) is 0.801. The fourth-order valence-corrected chi connectivity index (χ4v) is 1.44. The molecule has 0 aromatic heterocycles. The molecule has 0 unspecified atom stereocenters. The van der Waals surface area contributed by atoms with Gasteiger partial charge in [-0.1, -0.05) is 31.2 Å². The summed E-state index contributed by atoms with van der Waals surface area (Å²) in [5, 5.41) is 0. The minimum atomic E-state index is -4.81. The Balaban J connectivity index is 2.68. The van der Waals surface area contributed by atoms with Gasteiger partial charge in [-0.3, -0.25) is 4.79 Å². The predicted molar refractivity (Wildman–Crippen MR) is 58.3 cm³/mol. The SMILES string of the molecule is CCc1ccc(CN(C)C(=O)C(F)(F)F)cc1. The fourth-order valence-electron chi connectivity index (χ4n) is 1.44. The topological polar surface area (TPSA) is 20.3 Å². The van der Waals surface area contributed by atoms with Gasteiger partial charge in [0.2, 0.25) is 0 Å². The monoisotopic (exact) mass is 245 g/mol. The van der Waals surface area contributed by atoms with E-state index in [9.17, 15) is 18.0 Å². The smallest absolute Gasteiger partial charge is 0.334 e. The van der Waals surface area contributed by atoms with Crippen LogP contribution in [0.15, 0.2) is 24.3 Å². The lowest BCUT2D eigenvalue weighted by molar-refractivity contribution is -0.184. The number of carbonyl (C=O) groups excluding carboxylic acids is 1. The Labute approximate surface area is 98.0 Å². The van der Waals surface area contributed by atoms with Crippen molar-refractivity contribution in [3.8, 4) is 0 Å². The maximum atomic E-state index is 12.1. The van der Waals surface area contributed by atoms with Crippen LogP contribution in [0.1, 0.15) is 18.1 Å². The molecule has 0 spiro atoms. The second-order valence-corrected chi connectivity index (χ2v) is 3.83. The van der Waals surface area contributed by atoms with E-state index in [1.54, 1.807) is 12.1 Å². The zero-order valence-corrected chi connectivity index (χ0v) is 9.71. The van der Waals surface area contributed by atoms with Crippen molar-refractivity contribution in [3.63, 3.8) is 0 Å². The molecule has 1 aromatic rings. The van der Waals surface area contributed by atoms with Crippen LogP contribution in [0.25, 0.3) is 0 Å². The summed E-state index contributed by atoms with van der Waals surface area (Å²) in [7, 11) is 1.14. The first-order valence-corrected chi connectivity index (χ1v) is 5.24. The van der Waals surface area contributed by atoms with E-state index < -0.39 is 12.1 Å². The average molecular weight is 245 g/mol. The van der Waals surface area contributed by atoms with E-state index in [2.05, 4.69) is 0 Å². The molecule has 5 heteroatoms. The molecule has 2 nitrogen and oxygen atoms in total. The van der Waals surface area contributed by atoms with Gasteiger partial charge < -0.3 is 4.90 Å². The minimum Gasteiger partial charge on any atom is -0.334 e. The van der Waals surface area contributed by atoms with Crippen molar-refractivity contribution >= 4 is 5.91 Å². The van der Waals surface area contributed by atoms with Crippen LogP contribution >= 0.6 is 0 Å². The van der Waals surface area contributed by atoms with Gasteiger partial charge in [0.15, 0.2) is 0 Å². The normalized spacial score (nSPS) is 11.4. The third kappa shape index (κ3) is 3.76. The molecule has 0 atom stereocenters. The Morgan fingerprint density at radius 1 is 1.18 bits per heavy atom. The second kappa shape index (κ2) is 5.21. The van der Waals surface area contributed by atoms with Gasteiger partial charge in [-0.2, -0.15) is 13.2 Å². The zero-order chi connectivity index (χ0) is 13.1. The van der Waals surface area contributed by atoms with Gasteiger partial charge in [-0.15, -0.1) is 0 Å². The van der Waals surface area contributed by atoms with Crippen LogP contribution in [-0.2, 0) is 17.8 Å². The fraction of sp³-hybridized carbons (Fsp3) is 0.417. The van der Waals surface area contributed by atoms with Crippen molar-refractivity contribution in [2.45, 2.75) is 26.1 Å². The van der Waals surface area contributed by atoms with Crippen molar-refractivity contribution < 1.29 is 18.0 Å². The molecule has 1 aromatic carbocycles. The summed E-state index contributed by atoms with van der Waals surface area (Å²) in [6, 6.07) is 7.17. The Kier molecular flexibility index (Phi) is 4.15. The van der Waals surface area contributed by atoms with E-state index in [0.29, 0.717) is 10.5 Å². The van der Waals surface area contributed by atoms with Crippen LogP contribution in [0.5, 0.6) is 0 Å². The molecule has 0 aliphatic carbocycles. The number of hydrogen-bond acceptors (Lipinski definition) is 1. The lowest BCUT2D eigenvalue weighted by Gasteiger charge is -2.18. The Hall–Kier alpha value is -1.52. The number of rotatable bonds is 3. The van der Waals surface area contributed by atoms with E-state index in [1.165, 1.54) is 0 Å². The number of amides is 1. The molecule has 1 rings (SSSR count). The van der Waals surface area contributed by atoms with E-state index >= 15 is 0 Å². The maximum Gasteiger partial charge on any atom is 0.471 e. The summed E-state index contributed by atoms with van der Waals surface area (Å²) >= 11 is 0. The summed E-state index contributed by atoms with van der Waals surface area (Å²) in [4.78, 5) is 11.6. The molecule has 0 saturated carbocycles. The molecule has 0 heterocycles. The van der Waals surface area contributed by atoms with Gasteiger partial charge in [0, 0.05) is 13.6 Å². The van der Waals surface area contributed by atoms with Crippen molar-refractivity contribution in [1.82, 2.24) is 4.90 Å². The van der Waals surface area contributed by atoms with E-state index in [-0.39, 0.29) is 6.54 Å². The first kappa shape index (κ1) is 13.5. The summed E-state index contributed by atoms with van der Waals surface area (Å²) in [6.45, 7) is 1.96. The standard InChI is InChI=1S/C12H14F3NO/c1-3-9-4-6-10(7-5-9)8-16(2)11(17)12(13,14)15/h4-7H,3,8H2,1-2H3. The molecule has 94 valence electrons. The number of alkyl halides is 3. The molecule has 0 aliphatic rings. The van der Waals surface area contributed by atoms with Crippen LogP contribution in [0.4, 0.5) is 13.2 Å².